The first-order valence-electron chi connectivity index (χ1n) is 9.07. The van der Waals surface area contributed by atoms with Crippen LogP contribution in [0.25, 0.3) is 0 Å². The third-order valence-electron chi connectivity index (χ3n) is 4.21. The van der Waals surface area contributed by atoms with Gasteiger partial charge >= 0.3 is 5.69 Å². The van der Waals surface area contributed by atoms with Crippen LogP contribution in [-0.4, -0.2) is 39.1 Å². The Hall–Kier alpha value is -3.20. The summed E-state index contributed by atoms with van der Waals surface area (Å²) >= 11 is 0. The molecule has 0 spiro atoms. The number of H-pyrrole nitrogens is 1. The van der Waals surface area contributed by atoms with Crippen LogP contribution in [0.3, 0.4) is 0 Å². The molecule has 2 aromatic carbocycles. The number of rotatable bonds is 9. The number of aliphatic hydroxyl groups excluding tert-OH is 2. The van der Waals surface area contributed by atoms with Gasteiger partial charge in [0, 0.05) is 18.2 Å². The maximum Gasteiger partial charge on any atom is 0.330 e. The molecule has 0 atom stereocenters. The Bertz CT molecular complexity index is 1040. The largest absolute Gasteiger partial charge is 0.457 e. The summed E-state index contributed by atoms with van der Waals surface area (Å²) in [6, 6.07) is 16.7. The third kappa shape index (κ3) is 5.64. The van der Waals surface area contributed by atoms with Crippen LogP contribution in [0.4, 0.5) is 0 Å². The lowest BCUT2D eigenvalue weighted by Gasteiger charge is -2.14. The van der Waals surface area contributed by atoms with E-state index in [1.54, 1.807) is 0 Å². The van der Waals surface area contributed by atoms with Gasteiger partial charge in [0.25, 0.3) is 5.56 Å². The van der Waals surface area contributed by atoms with E-state index in [1.807, 2.05) is 54.6 Å². The zero-order valence-electron chi connectivity index (χ0n) is 15.7. The highest BCUT2D eigenvalue weighted by atomic mass is 16.5. The van der Waals surface area contributed by atoms with E-state index in [4.69, 9.17) is 19.7 Å². The minimum atomic E-state index is -0.802. The van der Waals surface area contributed by atoms with E-state index in [1.165, 1.54) is 10.8 Å². The van der Waals surface area contributed by atoms with Gasteiger partial charge in [0.1, 0.15) is 24.3 Å². The van der Waals surface area contributed by atoms with Crippen LogP contribution in [-0.2, 0) is 17.9 Å². The quantitative estimate of drug-likeness (QED) is 0.500. The van der Waals surface area contributed by atoms with Crippen LogP contribution >= 0.6 is 0 Å². The lowest BCUT2D eigenvalue weighted by molar-refractivity contribution is -0.0513. The average molecular weight is 398 g/mol. The normalized spacial score (nSPS) is 11.0. The Kier molecular flexibility index (Phi) is 6.96. The van der Waals surface area contributed by atoms with Gasteiger partial charge in [0.2, 0.25) is 0 Å². The first-order chi connectivity index (χ1) is 14.1. The monoisotopic (exact) mass is 398 g/mol. The summed E-state index contributed by atoms with van der Waals surface area (Å²) in [5, 5.41) is 18.1. The molecular weight excluding hydrogens is 376 g/mol. The molecule has 0 fully saturated rings. The van der Waals surface area contributed by atoms with Gasteiger partial charge in [-0.1, -0.05) is 30.3 Å². The molecule has 1 aromatic heterocycles. The van der Waals surface area contributed by atoms with Crippen molar-refractivity contribution in [1.82, 2.24) is 9.55 Å². The summed E-state index contributed by atoms with van der Waals surface area (Å²) in [5.74, 6) is 1.34. The highest BCUT2D eigenvalue weighted by Gasteiger charge is 2.10. The molecule has 8 nitrogen and oxygen atoms in total. The van der Waals surface area contributed by atoms with Gasteiger partial charge in [-0.15, -0.1) is 0 Å². The summed E-state index contributed by atoms with van der Waals surface area (Å²) in [5.41, 5.74) is 0.0873. The molecule has 0 aliphatic rings. The molecule has 1 heterocycles. The Labute approximate surface area is 166 Å². The Morgan fingerprint density at radius 3 is 2.41 bits per heavy atom. The maximum absolute atomic E-state index is 12.2. The van der Waals surface area contributed by atoms with Gasteiger partial charge in [0.05, 0.1) is 13.2 Å². The highest BCUT2D eigenvalue weighted by Crippen LogP contribution is 2.22. The molecule has 0 radical (unpaired) electrons. The fraction of sp³-hybridized carbons (Fsp3) is 0.238. The maximum atomic E-state index is 12.2. The van der Waals surface area contributed by atoms with E-state index in [-0.39, 0.29) is 26.4 Å². The van der Waals surface area contributed by atoms with E-state index in [0.717, 1.165) is 5.56 Å². The number of hydrogen-bond acceptors (Lipinski definition) is 6. The smallest absolute Gasteiger partial charge is 0.330 e. The summed E-state index contributed by atoms with van der Waals surface area (Å²) in [4.78, 5) is 26.4. The molecule has 0 amide bonds. The number of hydrogen-bond donors (Lipinski definition) is 3. The van der Waals surface area contributed by atoms with Gasteiger partial charge in [-0.2, -0.15) is 0 Å². The molecule has 152 valence electrons. The van der Waals surface area contributed by atoms with Crippen molar-refractivity contribution >= 4 is 0 Å². The standard InChI is InChI=1S/C21H22N2O6/c24-12-19(13-25)28-14-23-11-16(20(26)22-21(23)27)9-15-5-4-8-18(10-15)29-17-6-2-1-3-7-17/h1-8,10-11,19,24-25H,9,12-14H2,(H,22,26,27). The fourth-order valence-electron chi connectivity index (χ4n) is 2.69. The van der Waals surface area contributed by atoms with Crippen molar-refractivity contribution in [2.24, 2.45) is 0 Å². The molecule has 0 saturated heterocycles. The predicted octanol–water partition coefficient (Wildman–Crippen LogP) is 1.25. The summed E-state index contributed by atoms with van der Waals surface area (Å²) in [6.07, 6.45) is 0.895. The molecule has 3 N–H and O–H groups in total. The lowest BCUT2D eigenvalue weighted by Crippen LogP contribution is -2.34. The van der Waals surface area contributed by atoms with Gasteiger partial charge in [-0.3, -0.25) is 14.3 Å². The summed E-state index contributed by atoms with van der Waals surface area (Å²) in [6.45, 7) is -0.961. The molecule has 0 bridgehead atoms. The second-order valence-corrected chi connectivity index (χ2v) is 6.41. The molecule has 0 aliphatic heterocycles. The van der Waals surface area contributed by atoms with E-state index in [9.17, 15) is 9.59 Å². The first kappa shape index (κ1) is 20.5. The topological polar surface area (TPSA) is 114 Å². The predicted molar refractivity (Wildman–Crippen MR) is 106 cm³/mol. The zero-order chi connectivity index (χ0) is 20.6. The van der Waals surface area contributed by atoms with Crippen molar-refractivity contribution < 1.29 is 19.7 Å². The third-order valence-corrected chi connectivity index (χ3v) is 4.21. The second-order valence-electron chi connectivity index (χ2n) is 6.41. The van der Waals surface area contributed by atoms with E-state index in [0.29, 0.717) is 17.1 Å². The first-order valence-corrected chi connectivity index (χ1v) is 9.07. The number of ether oxygens (including phenoxy) is 2. The molecule has 0 saturated carbocycles. The SMILES string of the molecule is O=c1[nH]c(=O)n(COC(CO)CO)cc1Cc1cccc(Oc2ccccc2)c1. The summed E-state index contributed by atoms with van der Waals surface area (Å²) < 4.78 is 12.2. The van der Waals surface area contributed by atoms with Crippen LogP contribution in [0.2, 0.25) is 0 Å². The zero-order valence-corrected chi connectivity index (χ0v) is 15.7. The molecule has 8 heteroatoms. The Morgan fingerprint density at radius 2 is 1.69 bits per heavy atom. The molecule has 0 aliphatic carbocycles. The van der Waals surface area contributed by atoms with Crippen molar-refractivity contribution in [3.05, 3.63) is 92.8 Å². The number of aromatic nitrogens is 2. The van der Waals surface area contributed by atoms with Gasteiger partial charge in [-0.25, -0.2) is 4.79 Å². The van der Waals surface area contributed by atoms with E-state index in [2.05, 4.69) is 4.98 Å². The number of para-hydroxylation sites is 1. The minimum absolute atomic E-state index is 0.203. The molecule has 29 heavy (non-hydrogen) atoms. The van der Waals surface area contributed by atoms with Gasteiger partial charge < -0.3 is 19.7 Å². The van der Waals surface area contributed by atoms with Crippen LogP contribution in [0.1, 0.15) is 11.1 Å². The number of aliphatic hydroxyl groups is 2. The Morgan fingerprint density at radius 1 is 0.966 bits per heavy atom. The van der Waals surface area contributed by atoms with E-state index < -0.39 is 17.4 Å². The lowest BCUT2D eigenvalue weighted by atomic mass is 10.1. The van der Waals surface area contributed by atoms with Crippen LogP contribution in [0, 0.1) is 0 Å². The van der Waals surface area contributed by atoms with Crippen LogP contribution in [0.5, 0.6) is 11.5 Å². The van der Waals surface area contributed by atoms with E-state index >= 15 is 0 Å². The number of aromatic amines is 1. The van der Waals surface area contributed by atoms with Crippen molar-refractivity contribution in [2.75, 3.05) is 13.2 Å². The van der Waals surface area contributed by atoms with Crippen LogP contribution < -0.4 is 16.0 Å². The second kappa shape index (κ2) is 9.83. The molecule has 3 aromatic rings. The Balaban J connectivity index is 1.77. The van der Waals surface area contributed by atoms with Crippen molar-refractivity contribution in [3.63, 3.8) is 0 Å². The average Bonchev–Trinajstić information content (AvgIpc) is 2.73. The fourth-order valence-corrected chi connectivity index (χ4v) is 2.69. The molecule has 0 unspecified atom stereocenters. The number of benzene rings is 2. The van der Waals surface area contributed by atoms with Crippen molar-refractivity contribution in [1.29, 1.82) is 0 Å². The highest BCUT2D eigenvalue weighted by molar-refractivity contribution is 5.35. The van der Waals surface area contributed by atoms with Crippen molar-refractivity contribution in [3.8, 4) is 11.5 Å². The molecular formula is C21H22N2O6. The van der Waals surface area contributed by atoms with Crippen LogP contribution in [0.15, 0.2) is 70.4 Å². The van der Waals surface area contributed by atoms with Gasteiger partial charge in [-0.05, 0) is 29.8 Å². The number of nitrogens with zero attached hydrogens (tertiary/aromatic N) is 1. The van der Waals surface area contributed by atoms with Gasteiger partial charge in [0.15, 0.2) is 0 Å². The number of nitrogens with one attached hydrogen (secondary N) is 1. The van der Waals surface area contributed by atoms with Crippen molar-refractivity contribution in [2.45, 2.75) is 19.3 Å². The summed E-state index contributed by atoms with van der Waals surface area (Å²) in [7, 11) is 0. The minimum Gasteiger partial charge on any atom is -0.457 e. The molecule has 3 rings (SSSR count).